The number of methoxy groups -OCH3 is 1. The summed E-state index contributed by atoms with van der Waals surface area (Å²) in [5.74, 6) is 0.657. The summed E-state index contributed by atoms with van der Waals surface area (Å²) in [4.78, 5) is 12.2. The maximum Gasteiger partial charge on any atom is 0.224 e. The Morgan fingerprint density at radius 1 is 1.35 bits per heavy atom. The first-order valence-electron chi connectivity index (χ1n) is 7.99. The molecule has 1 amide bonds. The number of carbonyl (C=O) groups excluding carboxylic acids is 1. The fraction of sp³-hybridized carbons (Fsp3) is 0.500. The lowest BCUT2D eigenvalue weighted by atomic mass is 9.83. The molecule has 0 aliphatic heterocycles. The van der Waals surface area contributed by atoms with E-state index in [9.17, 15) is 9.90 Å². The summed E-state index contributed by atoms with van der Waals surface area (Å²) in [6, 6.07) is 5.56. The van der Waals surface area contributed by atoms with Crippen molar-refractivity contribution in [3.05, 3.63) is 30.0 Å². The van der Waals surface area contributed by atoms with Gasteiger partial charge < -0.3 is 19.6 Å². The van der Waals surface area contributed by atoms with Crippen molar-refractivity contribution in [2.75, 3.05) is 20.3 Å². The second kappa shape index (κ2) is 7.51. The molecular weight excluding hydrogens is 294 g/mol. The van der Waals surface area contributed by atoms with E-state index in [1.807, 2.05) is 32.0 Å². The predicted octanol–water partition coefficient (Wildman–Crippen LogP) is 2.90. The van der Waals surface area contributed by atoms with Crippen molar-refractivity contribution in [2.45, 2.75) is 33.1 Å². The van der Waals surface area contributed by atoms with E-state index in [2.05, 4.69) is 5.32 Å². The Labute approximate surface area is 136 Å². The van der Waals surface area contributed by atoms with Gasteiger partial charge in [0.15, 0.2) is 0 Å². The SMILES string of the molecule is CCC(CC)(CO)CNC(=O)Cc1coc2cc(OC)ccc12. The monoisotopic (exact) mass is 319 g/mol. The molecule has 5 nitrogen and oxygen atoms in total. The molecule has 0 bridgehead atoms. The standard InChI is InChI=1S/C18H25NO4/c1-4-18(5-2,12-20)11-19-17(21)8-13-10-23-16-9-14(22-3)6-7-15(13)16/h6-7,9-10,20H,4-5,8,11-12H2,1-3H3,(H,19,21). The van der Waals surface area contributed by atoms with E-state index in [0.717, 1.165) is 29.5 Å². The van der Waals surface area contributed by atoms with Crippen LogP contribution in [-0.4, -0.2) is 31.3 Å². The molecule has 0 atom stereocenters. The lowest BCUT2D eigenvalue weighted by Gasteiger charge is -2.29. The third kappa shape index (κ3) is 3.85. The third-order valence-electron chi connectivity index (χ3n) is 4.71. The Kier molecular flexibility index (Phi) is 5.66. The molecule has 0 saturated carbocycles. The number of fused-ring (bicyclic) bond motifs is 1. The van der Waals surface area contributed by atoms with E-state index in [4.69, 9.17) is 9.15 Å². The molecule has 126 valence electrons. The second-order valence-corrected chi connectivity index (χ2v) is 5.94. The van der Waals surface area contributed by atoms with Gasteiger partial charge >= 0.3 is 0 Å². The summed E-state index contributed by atoms with van der Waals surface area (Å²) in [5, 5.41) is 13.4. The molecule has 23 heavy (non-hydrogen) atoms. The van der Waals surface area contributed by atoms with Crippen molar-refractivity contribution in [1.82, 2.24) is 5.32 Å². The van der Waals surface area contributed by atoms with E-state index >= 15 is 0 Å². The van der Waals surface area contributed by atoms with Crippen molar-refractivity contribution in [3.8, 4) is 5.75 Å². The zero-order valence-corrected chi connectivity index (χ0v) is 14.0. The summed E-state index contributed by atoms with van der Waals surface area (Å²) in [7, 11) is 1.60. The number of rotatable bonds is 8. The Balaban J connectivity index is 2.03. The highest BCUT2D eigenvalue weighted by atomic mass is 16.5. The van der Waals surface area contributed by atoms with Gasteiger partial charge in [-0.2, -0.15) is 0 Å². The van der Waals surface area contributed by atoms with Crippen LogP contribution < -0.4 is 10.1 Å². The molecule has 5 heteroatoms. The maximum absolute atomic E-state index is 12.2. The lowest BCUT2D eigenvalue weighted by Crippen LogP contribution is -2.39. The molecule has 0 saturated heterocycles. The number of furan rings is 1. The van der Waals surface area contributed by atoms with Gasteiger partial charge in [0.2, 0.25) is 5.91 Å². The van der Waals surface area contributed by atoms with E-state index in [1.165, 1.54) is 0 Å². The Morgan fingerprint density at radius 2 is 2.09 bits per heavy atom. The van der Waals surface area contributed by atoms with Crippen LogP contribution in [-0.2, 0) is 11.2 Å². The van der Waals surface area contributed by atoms with Gasteiger partial charge in [-0.25, -0.2) is 0 Å². The van der Waals surface area contributed by atoms with Gasteiger partial charge in [0, 0.05) is 29.0 Å². The highest BCUT2D eigenvalue weighted by molar-refractivity contribution is 5.88. The highest BCUT2D eigenvalue weighted by Gasteiger charge is 2.25. The molecule has 2 N–H and O–H groups in total. The number of nitrogens with one attached hydrogen (secondary N) is 1. The van der Waals surface area contributed by atoms with Gasteiger partial charge in [0.25, 0.3) is 0 Å². The number of amides is 1. The maximum atomic E-state index is 12.2. The topological polar surface area (TPSA) is 71.7 Å². The van der Waals surface area contributed by atoms with Gasteiger partial charge in [-0.15, -0.1) is 0 Å². The van der Waals surface area contributed by atoms with Crippen LogP contribution in [0.1, 0.15) is 32.3 Å². The lowest BCUT2D eigenvalue weighted by molar-refractivity contribution is -0.121. The van der Waals surface area contributed by atoms with Crippen molar-refractivity contribution >= 4 is 16.9 Å². The first-order chi connectivity index (χ1) is 11.1. The summed E-state index contributed by atoms with van der Waals surface area (Å²) >= 11 is 0. The first kappa shape index (κ1) is 17.3. The van der Waals surface area contributed by atoms with E-state index < -0.39 is 0 Å². The molecule has 1 heterocycles. The normalized spacial score (nSPS) is 11.7. The van der Waals surface area contributed by atoms with Gasteiger partial charge in [-0.1, -0.05) is 13.8 Å². The second-order valence-electron chi connectivity index (χ2n) is 5.94. The first-order valence-corrected chi connectivity index (χ1v) is 7.99. The molecule has 0 unspecified atom stereocenters. The molecule has 2 rings (SSSR count). The predicted molar refractivity (Wildman–Crippen MR) is 89.6 cm³/mol. The van der Waals surface area contributed by atoms with Gasteiger partial charge in [-0.3, -0.25) is 4.79 Å². The minimum atomic E-state index is -0.235. The quantitative estimate of drug-likeness (QED) is 0.785. The van der Waals surface area contributed by atoms with E-state index in [-0.39, 0.29) is 24.3 Å². The van der Waals surface area contributed by atoms with Gasteiger partial charge in [-0.05, 0) is 25.0 Å². The van der Waals surface area contributed by atoms with Crippen LogP contribution in [0.25, 0.3) is 11.0 Å². The van der Waals surface area contributed by atoms with Crippen molar-refractivity contribution in [3.63, 3.8) is 0 Å². The van der Waals surface area contributed by atoms with Crippen LogP contribution in [0.15, 0.2) is 28.9 Å². The molecule has 0 aliphatic rings. The molecule has 1 aromatic carbocycles. The number of benzene rings is 1. The average molecular weight is 319 g/mol. The highest BCUT2D eigenvalue weighted by Crippen LogP contribution is 2.26. The fourth-order valence-electron chi connectivity index (χ4n) is 2.63. The Morgan fingerprint density at radius 3 is 2.70 bits per heavy atom. The molecule has 0 spiro atoms. The molecular formula is C18H25NO4. The largest absolute Gasteiger partial charge is 0.497 e. The van der Waals surface area contributed by atoms with Gasteiger partial charge in [0.05, 0.1) is 26.4 Å². The molecule has 1 aromatic heterocycles. The molecule has 0 fully saturated rings. The third-order valence-corrected chi connectivity index (χ3v) is 4.71. The number of aliphatic hydroxyl groups is 1. The number of hydrogen-bond donors (Lipinski definition) is 2. The van der Waals surface area contributed by atoms with E-state index in [1.54, 1.807) is 13.4 Å². The molecule has 0 radical (unpaired) electrons. The summed E-state index contributed by atoms with van der Waals surface area (Å²) in [6.45, 7) is 4.62. The number of hydrogen-bond acceptors (Lipinski definition) is 4. The van der Waals surface area contributed by atoms with Crippen LogP contribution in [0, 0.1) is 5.41 Å². The van der Waals surface area contributed by atoms with Gasteiger partial charge in [0.1, 0.15) is 11.3 Å². The van der Waals surface area contributed by atoms with Crippen LogP contribution in [0.3, 0.4) is 0 Å². The zero-order chi connectivity index (χ0) is 16.9. The zero-order valence-electron chi connectivity index (χ0n) is 14.0. The number of carbonyl (C=O) groups is 1. The van der Waals surface area contributed by atoms with Crippen LogP contribution >= 0.6 is 0 Å². The summed E-state index contributed by atoms with van der Waals surface area (Å²) < 4.78 is 10.7. The smallest absolute Gasteiger partial charge is 0.224 e. The van der Waals surface area contributed by atoms with Crippen molar-refractivity contribution in [2.24, 2.45) is 5.41 Å². The van der Waals surface area contributed by atoms with E-state index in [0.29, 0.717) is 12.1 Å². The minimum Gasteiger partial charge on any atom is -0.497 e. The average Bonchev–Trinajstić information content (AvgIpc) is 2.98. The summed E-state index contributed by atoms with van der Waals surface area (Å²) in [5.41, 5.74) is 1.32. The van der Waals surface area contributed by atoms with Crippen LogP contribution in [0.4, 0.5) is 0 Å². The summed E-state index contributed by atoms with van der Waals surface area (Å²) in [6.07, 6.45) is 3.53. The minimum absolute atomic E-state index is 0.0664. The number of ether oxygens (including phenoxy) is 1. The Bertz CT molecular complexity index is 650. The molecule has 2 aromatic rings. The Hall–Kier alpha value is -2.01. The van der Waals surface area contributed by atoms with Crippen molar-refractivity contribution < 1.29 is 19.1 Å². The van der Waals surface area contributed by atoms with Crippen LogP contribution in [0.5, 0.6) is 5.75 Å². The van der Waals surface area contributed by atoms with Crippen LogP contribution in [0.2, 0.25) is 0 Å². The van der Waals surface area contributed by atoms with Crippen molar-refractivity contribution in [1.29, 1.82) is 0 Å². The number of aliphatic hydroxyl groups excluding tert-OH is 1. The molecule has 0 aliphatic carbocycles. The fourth-order valence-corrected chi connectivity index (χ4v) is 2.63.